The van der Waals surface area contributed by atoms with Crippen molar-refractivity contribution in [1.82, 2.24) is 10.2 Å². The van der Waals surface area contributed by atoms with Crippen molar-refractivity contribution >= 4 is 0 Å². The van der Waals surface area contributed by atoms with E-state index < -0.39 is 0 Å². The number of rotatable bonds is 7. The summed E-state index contributed by atoms with van der Waals surface area (Å²) in [7, 11) is 6.34. The number of nitrogens with one attached hydrogen (secondary N) is 1. The van der Waals surface area contributed by atoms with Crippen LogP contribution in [0.15, 0.2) is 24.3 Å². The van der Waals surface area contributed by atoms with Crippen LogP contribution < -0.4 is 5.32 Å². The van der Waals surface area contributed by atoms with Gasteiger partial charge in [0.2, 0.25) is 0 Å². The first kappa shape index (κ1) is 14.2. The van der Waals surface area contributed by atoms with Crippen LogP contribution in [0.25, 0.3) is 0 Å². The molecule has 17 heavy (non-hydrogen) atoms. The molecule has 0 heterocycles. The molecule has 0 saturated heterocycles. The second-order valence-electron chi connectivity index (χ2n) is 4.82. The van der Waals surface area contributed by atoms with E-state index in [-0.39, 0.29) is 0 Å². The highest BCUT2D eigenvalue weighted by molar-refractivity contribution is 5.25. The van der Waals surface area contributed by atoms with Gasteiger partial charge in [-0.2, -0.15) is 0 Å². The Bertz CT molecular complexity index is 303. The van der Waals surface area contributed by atoms with Crippen molar-refractivity contribution < 1.29 is 0 Å². The van der Waals surface area contributed by atoms with Gasteiger partial charge in [0, 0.05) is 6.04 Å². The Morgan fingerprint density at radius 1 is 1.18 bits per heavy atom. The van der Waals surface area contributed by atoms with Crippen molar-refractivity contribution in [2.45, 2.75) is 32.2 Å². The van der Waals surface area contributed by atoms with E-state index in [1.807, 2.05) is 7.05 Å². The summed E-state index contributed by atoms with van der Waals surface area (Å²) >= 11 is 0. The van der Waals surface area contributed by atoms with Crippen molar-refractivity contribution in [2.24, 2.45) is 0 Å². The largest absolute Gasteiger partial charge is 0.320 e. The van der Waals surface area contributed by atoms with Crippen molar-refractivity contribution in [1.29, 1.82) is 0 Å². The molecule has 1 aromatic rings. The fourth-order valence-electron chi connectivity index (χ4n) is 2.17. The van der Waals surface area contributed by atoms with Gasteiger partial charge in [-0.05, 0) is 58.1 Å². The van der Waals surface area contributed by atoms with Gasteiger partial charge in [-0.15, -0.1) is 0 Å². The SMILES string of the molecule is CCc1ccc(C(CCCNC)N(C)C)cc1. The summed E-state index contributed by atoms with van der Waals surface area (Å²) in [4.78, 5) is 2.32. The Hall–Kier alpha value is -0.860. The molecule has 0 saturated carbocycles. The lowest BCUT2D eigenvalue weighted by Crippen LogP contribution is -2.21. The molecule has 0 aliphatic carbocycles. The molecule has 0 aliphatic heterocycles. The van der Waals surface area contributed by atoms with Gasteiger partial charge in [0.05, 0.1) is 0 Å². The molecule has 1 aromatic carbocycles. The fraction of sp³-hybridized carbons (Fsp3) is 0.600. The van der Waals surface area contributed by atoms with Crippen LogP contribution in [-0.4, -0.2) is 32.6 Å². The maximum absolute atomic E-state index is 3.21. The monoisotopic (exact) mass is 234 g/mol. The maximum atomic E-state index is 3.21. The Morgan fingerprint density at radius 3 is 2.29 bits per heavy atom. The Morgan fingerprint density at radius 2 is 1.82 bits per heavy atom. The smallest absolute Gasteiger partial charge is 0.0342 e. The molecule has 2 nitrogen and oxygen atoms in total. The van der Waals surface area contributed by atoms with Crippen LogP contribution in [0.4, 0.5) is 0 Å². The molecule has 1 N–H and O–H groups in total. The lowest BCUT2D eigenvalue weighted by Gasteiger charge is -2.25. The molecule has 0 spiro atoms. The minimum Gasteiger partial charge on any atom is -0.320 e. The molecule has 0 aromatic heterocycles. The van der Waals surface area contributed by atoms with E-state index >= 15 is 0 Å². The van der Waals surface area contributed by atoms with Crippen LogP contribution in [0.5, 0.6) is 0 Å². The molecular weight excluding hydrogens is 208 g/mol. The highest BCUT2D eigenvalue weighted by atomic mass is 15.1. The summed E-state index contributed by atoms with van der Waals surface area (Å²) in [5.74, 6) is 0. The third-order valence-corrected chi connectivity index (χ3v) is 3.30. The molecule has 1 rings (SSSR count). The Labute approximate surface area is 106 Å². The van der Waals surface area contributed by atoms with Gasteiger partial charge >= 0.3 is 0 Å². The van der Waals surface area contributed by atoms with E-state index in [9.17, 15) is 0 Å². The quantitative estimate of drug-likeness (QED) is 0.730. The summed E-state index contributed by atoms with van der Waals surface area (Å²) in [6.45, 7) is 3.29. The van der Waals surface area contributed by atoms with Gasteiger partial charge in [-0.1, -0.05) is 31.2 Å². The van der Waals surface area contributed by atoms with Crippen molar-refractivity contribution in [2.75, 3.05) is 27.7 Å². The topological polar surface area (TPSA) is 15.3 Å². The zero-order chi connectivity index (χ0) is 12.7. The van der Waals surface area contributed by atoms with Crippen LogP contribution in [0.2, 0.25) is 0 Å². The molecule has 2 heteroatoms. The van der Waals surface area contributed by atoms with E-state index in [4.69, 9.17) is 0 Å². The summed E-state index contributed by atoms with van der Waals surface area (Å²) in [6, 6.07) is 9.61. The lowest BCUT2D eigenvalue weighted by atomic mass is 9.99. The van der Waals surface area contributed by atoms with Crippen LogP contribution in [0.1, 0.15) is 36.9 Å². The van der Waals surface area contributed by atoms with Gasteiger partial charge in [0.1, 0.15) is 0 Å². The summed E-state index contributed by atoms with van der Waals surface area (Å²) in [6.07, 6.45) is 3.54. The van der Waals surface area contributed by atoms with E-state index in [0.717, 1.165) is 13.0 Å². The molecule has 96 valence electrons. The summed E-state index contributed by atoms with van der Waals surface area (Å²) in [5.41, 5.74) is 2.85. The number of hydrogen-bond acceptors (Lipinski definition) is 2. The Kier molecular flexibility index (Phi) is 6.23. The molecule has 0 amide bonds. The van der Waals surface area contributed by atoms with Gasteiger partial charge < -0.3 is 10.2 Å². The fourth-order valence-corrected chi connectivity index (χ4v) is 2.17. The highest BCUT2D eigenvalue weighted by Crippen LogP contribution is 2.23. The normalized spacial score (nSPS) is 13.0. The predicted molar refractivity (Wildman–Crippen MR) is 75.4 cm³/mol. The van der Waals surface area contributed by atoms with Gasteiger partial charge in [-0.25, -0.2) is 0 Å². The van der Waals surface area contributed by atoms with Crippen molar-refractivity contribution in [3.8, 4) is 0 Å². The molecule has 0 radical (unpaired) electrons. The highest BCUT2D eigenvalue weighted by Gasteiger charge is 2.13. The number of nitrogens with zero attached hydrogens (tertiary/aromatic N) is 1. The third kappa shape index (κ3) is 4.49. The average Bonchev–Trinajstić information content (AvgIpc) is 2.34. The molecule has 1 unspecified atom stereocenters. The Balaban J connectivity index is 2.68. The summed E-state index contributed by atoms with van der Waals surface area (Å²) < 4.78 is 0. The van der Waals surface area contributed by atoms with E-state index in [1.54, 1.807) is 0 Å². The van der Waals surface area contributed by atoms with Crippen molar-refractivity contribution in [3.05, 3.63) is 35.4 Å². The molecule has 0 aliphatic rings. The van der Waals surface area contributed by atoms with Crippen LogP contribution in [0, 0.1) is 0 Å². The van der Waals surface area contributed by atoms with E-state index in [1.165, 1.54) is 24.0 Å². The maximum Gasteiger partial charge on any atom is 0.0342 e. The van der Waals surface area contributed by atoms with Crippen LogP contribution in [0.3, 0.4) is 0 Å². The lowest BCUT2D eigenvalue weighted by molar-refractivity contribution is 0.279. The first-order valence-corrected chi connectivity index (χ1v) is 6.59. The first-order chi connectivity index (χ1) is 8.19. The average molecular weight is 234 g/mol. The zero-order valence-corrected chi connectivity index (χ0v) is 11.7. The van der Waals surface area contributed by atoms with Gasteiger partial charge in [-0.3, -0.25) is 0 Å². The first-order valence-electron chi connectivity index (χ1n) is 6.59. The summed E-state index contributed by atoms with van der Waals surface area (Å²) in [5, 5.41) is 3.21. The van der Waals surface area contributed by atoms with E-state index in [0.29, 0.717) is 6.04 Å². The minimum absolute atomic E-state index is 0.536. The number of benzene rings is 1. The van der Waals surface area contributed by atoms with Gasteiger partial charge in [0.15, 0.2) is 0 Å². The van der Waals surface area contributed by atoms with Crippen LogP contribution >= 0.6 is 0 Å². The minimum atomic E-state index is 0.536. The van der Waals surface area contributed by atoms with Crippen molar-refractivity contribution in [3.63, 3.8) is 0 Å². The molecule has 1 atom stereocenters. The molecule has 0 bridgehead atoms. The van der Waals surface area contributed by atoms with E-state index in [2.05, 4.69) is 55.5 Å². The second kappa shape index (κ2) is 7.46. The molecular formula is C15H26N2. The number of aryl methyl sites for hydroxylation is 1. The predicted octanol–water partition coefficient (Wildman–Crippen LogP) is 2.85. The standard InChI is InChI=1S/C15H26N2/c1-5-13-8-10-14(11-9-13)15(17(3)4)7-6-12-16-2/h8-11,15-16H,5-7,12H2,1-4H3. The second-order valence-corrected chi connectivity index (χ2v) is 4.82. The van der Waals surface area contributed by atoms with Crippen LogP contribution in [-0.2, 0) is 6.42 Å². The molecule has 0 fully saturated rings. The zero-order valence-electron chi connectivity index (χ0n) is 11.7. The number of hydrogen-bond donors (Lipinski definition) is 1. The van der Waals surface area contributed by atoms with Gasteiger partial charge in [0.25, 0.3) is 0 Å². The third-order valence-electron chi connectivity index (χ3n) is 3.30.